The number of thiazole rings is 1. The molecule has 0 saturated carbocycles. The van der Waals surface area contributed by atoms with Gasteiger partial charge in [-0.25, -0.2) is 14.6 Å². The highest BCUT2D eigenvalue weighted by molar-refractivity contribution is 9.10. The van der Waals surface area contributed by atoms with Crippen LogP contribution in [0.1, 0.15) is 37.9 Å². The largest absolute Gasteiger partial charge is 0.493 e. The molecule has 4 rings (SSSR count). The monoisotopic (exact) mass is 752 g/mol. The maximum Gasteiger partial charge on any atom is 0.344 e. The predicted octanol–water partition coefficient (Wildman–Crippen LogP) is 4.29. The zero-order chi connectivity index (χ0) is 32.1. The molecule has 0 unspecified atom stereocenters. The Morgan fingerprint density at radius 2 is 1.61 bits per heavy atom. The molecule has 0 N–H and O–H groups in total. The summed E-state index contributed by atoms with van der Waals surface area (Å²) >= 11 is 8.25. The van der Waals surface area contributed by atoms with Gasteiger partial charge in [-0.15, -0.1) is 0 Å². The molecule has 1 atom stereocenters. The first-order chi connectivity index (χ1) is 21.1. The van der Waals surface area contributed by atoms with E-state index in [9.17, 15) is 14.4 Å². The minimum Gasteiger partial charge on any atom is -0.493 e. The number of esters is 2. The lowest BCUT2D eigenvalue weighted by atomic mass is 9.95. The number of ether oxygens (including phenoxy) is 6. The fourth-order valence-electron chi connectivity index (χ4n) is 4.61. The molecule has 1 aromatic heterocycles. The molecule has 1 aliphatic heterocycles. The number of nitrogens with zero attached hydrogens (tertiary/aromatic N) is 2. The summed E-state index contributed by atoms with van der Waals surface area (Å²) in [4.78, 5) is 44.2. The molecule has 0 amide bonds. The summed E-state index contributed by atoms with van der Waals surface area (Å²) in [5.41, 5.74) is 1.49. The summed E-state index contributed by atoms with van der Waals surface area (Å²) in [5.74, 6) is 0.458. The van der Waals surface area contributed by atoms with Gasteiger partial charge in [0.1, 0.15) is 0 Å². The van der Waals surface area contributed by atoms with E-state index in [0.717, 1.165) is 0 Å². The van der Waals surface area contributed by atoms with Crippen molar-refractivity contribution in [3.05, 3.63) is 75.3 Å². The Morgan fingerprint density at radius 1 is 0.955 bits per heavy atom. The Hall–Kier alpha value is -3.62. The van der Waals surface area contributed by atoms with Crippen LogP contribution in [0.3, 0.4) is 0 Å². The van der Waals surface area contributed by atoms with E-state index in [0.29, 0.717) is 58.1 Å². The molecule has 3 aromatic rings. The minimum atomic E-state index is -0.874. The molecule has 234 valence electrons. The second-order valence-electron chi connectivity index (χ2n) is 9.16. The van der Waals surface area contributed by atoms with E-state index in [2.05, 4.69) is 36.9 Å². The average Bonchev–Trinajstić information content (AvgIpc) is 3.29. The number of halogens is 2. The van der Waals surface area contributed by atoms with E-state index >= 15 is 0 Å². The van der Waals surface area contributed by atoms with E-state index in [4.69, 9.17) is 28.4 Å². The SMILES string of the molecule is CCOC(=O)COc1c(Br)cc(/C=c2\sc3n(c2=O)[C@H](c2cc(OC)c(OC)cc2Br)C(C(=O)OCC)=C(C)N=3)cc1OC. The lowest BCUT2D eigenvalue weighted by Gasteiger charge is -2.26. The van der Waals surface area contributed by atoms with Gasteiger partial charge in [0.15, 0.2) is 34.4 Å². The van der Waals surface area contributed by atoms with Gasteiger partial charge in [0, 0.05) is 4.47 Å². The first-order valence-corrected chi connectivity index (χ1v) is 15.8. The van der Waals surface area contributed by atoms with E-state index in [-0.39, 0.29) is 31.0 Å². The third-order valence-electron chi connectivity index (χ3n) is 6.50. The maximum absolute atomic E-state index is 14.1. The number of methoxy groups -OCH3 is 3. The lowest BCUT2D eigenvalue weighted by Crippen LogP contribution is -2.40. The second kappa shape index (κ2) is 14.4. The molecule has 0 aliphatic carbocycles. The summed E-state index contributed by atoms with van der Waals surface area (Å²) < 4.78 is 35.4. The van der Waals surface area contributed by atoms with Crippen LogP contribution in [0.15, 0.2) is 54.3 Å². The standard InChI is InChI=1S/C30H30Br2N2O9S/c1-7-41-24(35)14-43-27-19(32)9-16(10-22(27)40-6)11-23-28(36)34-26(17-12-20(38-4)21(39-5)13-18(17)31)25(29(37)42-8-2)15(3)33-30(34)44-23/h9-13,26H,7-8,14H2,1-6H3/b23-11-/t26-/m1/s1. The Labute approximate surface area is 274 Å². The Kier molecular flexibility index (Phi) is 10.9. The van der Waals surface area contributed by atoms with Crippen molar-refractivity contribution >= 4 is 61.2 Å². The molecule has 0 spiro atoms. The van der Waals surface area contributed by atoms with Gasteiger partial charge in [0.25, 0.3) is 5.56 Å². The van der Waals surface area contributed by atoms with Crippen LogP contribution in [-0.2, 0) is 19.1 Å². The van der Waals surface area contributed by atoms with Crippen LogP contribution in [0.2, 0.25) is 0 Å². The summed E-state index contributed by atoms with van der Waals surface area (Å²) in [5, 5.41) is 0. The number of allylic oxidation sites excluding steroid dienone is 1. The van der Waals surface area contributed by atoms with Gasteiger partial charge in [-0.05, 0) is 78.2 Å². The summed E-state index contributed by atoms with van der Waals surface area (Å²) in [6, 6.07) is 5.98. The molecule has 0 fully saturated rings. The summed E-state index contributed by atoms with van der Waals surface area (Å²) in [6.45, 7) is 5.22. The second-order valence-corrected chi connectivity index (χ2v) is 11.9. The van der Waals surface area contributed by atoms with Gasteiger partial charge in [-0.1, -0.05) is 27.3 Å². The van der Waals surface area contributed by atoms with E-state index < -0.39 is 18.0 Å². The number of rotatable bonds is 11. The number of hydrogen-bond acceptors (Lipinski definition) is 11. The molecular formula is C30H30Br2N2O9S. The van der Waals surface area contributed by atoms with Crippen molar-refractivity contribution in [2.24, 2.45) is 4.99 Å². The predicted molar refractivity (Wildman–Crippen MR) is 170 cm³/mol. The maximum atomic E-state index is 14.1. The van der Waals surface area contributed by atoms with E-state index in [1.807, 2.05) is 0 Å². The fraction of sp³-hybridized carbons (Fsp3) is 0.333. The molecule has 0 radical (unpaired) electrons. The Morgan fingerprint density at radius 3 is 2.25 bits per heavy atom. The van der Waals surface area contributed by atoms with Crippen molar-refractivity contribution in [1.82, 2.24) is 4.57 Å². The summed E-state index contributed by atoms with van der Waals surface area (Å²) in [6.07, 6.45) is 1.69. The van der Waals surface area contributed by atoms with Crippen LogP contribution in [0, 0.1) is 0 Å². The average molecular weight is 754 g/mol. The molecule has 2 aromatic carbocycles. The first kappa shape index (κ1) is 33.3. The van der Waals surface area contributed by atoms with Crippen LogP contribution < -0.4 is 33.8 Å². The smallest absolute Gasteiger partial charge is 0.344 e. The third kappa shape index (κ3) is 6.71. The van der Waals surface area contributed by atoms with Crippen molar-refractivity contribution in [3.63, 3.8) is 0 Å². The zero-order valence-corrected chi connectivity index (χ0v) is 28.8. The van der Waals surface area contributed by atoms with Crippen molar-refractivity contribution < 1.29 is 38.0 Å². The molecule has 2 heterocycles. The Bertz CT molecular complexity index is 1810. The topological polar surface area (TPSA) is 124 Å². The fourth-order valence-corrected chi connectivity index (χ4v) is 6.77. The van der Waals surface area contributed by atoms with E-state index in [1.165, 1.54) is 37.2 Å². The number of carbonyl (C=O) groups is 2. The lowest BCUT2D eigenvalue weighted by molar-refractivity contribution is -0.145. The highest BCUT2D eigenvalue weighted by atomic mass is 79.9. The third-order valence-corrected chi connectivity index (χ3v) is 8.76. The highest BCUT2D eigenvalue weighted by Gasteiger charge is 2.35. The molecule has 14 heteroatoms. The molecular weight excluding hydrogens is 724 g/mol. The number of carbonyl (C=O) groups excluding carboxylic acids is 2. The van der Waals surface area contributed by atoms with Gasteiger partial charge >= 0.3 is 11.9 Å². The quantitative estimate of drug-likeness (QED) is 0.264. The van der Waals surface area contributed by atoms with Gasteiger partial charge in [-0.3, -0.25) is 9.36 Å². The van der Waals surface area contributed by atoms with Crippen LogP contribution in [-0.4, -0.2) is 57.7 Å². The summed E-state index contributed by atoms with van der Waals surface area (Å²) in [7, 11) is 4.50. The molecule has 44 heavy (non-hydrogen) atoms. The van der Waals surface area contributed by atoms with Crippen LogP contribution in [0.4, 0.5) is 0 Å². The molecule has 0 saturated heterocycles. The zero-order valence-electron chi connectivity index (χ0n) is 24.8. The van der Waals surface area contributed by atoms with Gasteiger partial charge in [0.2, 0.25) is 0 Å². The van der Waals surface area contributed by atoms with Crippen molar-refractivity contribution in [3.8, 4) is 23.0 Å². The first-order valence-electron chi connectivity index (χ1n) is 13.3. The van der Waals surface area contributed by atoms with Crippen LogP contribution in [0.25, 0.3) is 6.08 Å². The van der Waals surface area contributed by atoms with Gasteiger partial charge in [0.05, 0.1) is 60.9 Å². The number of benzene rings is 2. The normalized spacial score (nSPS) is 14.5. The number of aromatic nitrogens is 1. The van der Waals surface area contributed by atoms with Crippen LogP contribution >= 0.6 is 43.2 Å². The van der Waals surface area contributed by atoms with Crippen molar-refractivity contribution in [2.75, 3.05) is 41.2 Å². The van der Waals surface area contributed by atoms with Gasteiger partial charge < -0.3 is 28.4 Å². The van der Waals surface area contributed by atoms with Crippen molar-refractivity contribution in [2.45, 2.75) is 26.8 Å². The number of fused-ring (bicyclic) bond motifs is 1. The minimum absolute atomic E-state index is 0.149. The van der Waals surface area contributed by atoms with Crippen molar-refractivity contribution in [1.29, 1.82) is 0 Å². The number of hydrogen-bond donors (Lipinski definition) is 0. The Balaban J connectivity index is 1.89. The molecule has 1 aliphatic rings. The highest BCUT2D eigenvalue weighted by Crippen LogP contribution is 2.41. The van der Waals surface area contributed by atoms with E-state index in [1.54, 1.807) is 51.1 Å². The molecule has 0 bridgehead atoms. The van der Waals surface area contributed by atoms with Crippen LogP contribution in [0.5, 0.6) is 23.0 Å². The molecule has 11 nitrogen and oxygen atoms in total. The van der Waals surface area contributed by atoms with Gasteiger partial charge in [-0.2, -0.15) is 0 Å².